The number of esters is 3. The highest BCUT2D eigenvalue weighted by molar-refractivity contribution is 5.93. The summed E-state index contributed by atoms with van der Waals surface area (Å²) >= 11 is 0. The zero-order chi connectivity index (χ0) is 25.6. The van der Waals surface area contributed by atoms with E-state index in [0.717, 1.165) is 5.56 Å². The summed E-state index contributed by atoms with van der Waals surface area (Å²) < 4.78 is 25.3. The maximum atomic E-state index is 12.7. The van der Waals surface area contributed by atoms with Crippen molar-refractivity contribution in [3.63, 3.8) is 0 Å². The van der Waals surface area contributed by atoms with Gasteiger partial charge in [0.1, 0.15) is 24.0 Å². The summed E-state index contributed by atoms with van der Waals surface area (Å²) in [6, 6.07) is 12.5. The molecule has 0 aromatic heterocycles. The minimum absolute atomic E-state index is 0.00666. The predicted octanol–water partition coefficient (Wildman–Crippen LogP) is 2.82. The van der Waals surface area contributed by atoms with Gasteiger partial charge >= 0.3 is 24.0 Å². The molecule has 188 valence electrons. The van der Waals surface area contributed by atoms with Gasteiger partial charge in [-0.2, -0.15) is 0 Å². The number of ether oxygens (including phenoxy) is 5. The van der Waals surface area contributed by atoms with Crippen LogP contribution in [0, 0.1) is 0 Å². The smallest absolute Gasteiger partial charge is 0.407 e. The van der Waals surface area contributed by atoms with E-state index in [0.29, 0.717) is 5.56 Å². The first-order valence-electron chi connectivity index (χ1n) is 11.0. The molecule has 0 aliphatic carbocycles. The highest BCUT2D eigenvalue weighted by Gasteiger charge is 2.25. The van der Waals surface area contributed by atoms with Crippen molar-refractivity contribution in [2.75, 3.05) is 26.9 Å². The summed E-state index contributed by atoms with van der Waals surface area (Å²) in [5.74, 6) is -1.82. The van der Waals surface area contributed by atoms with Gasteiger partial charge in [-0.1, -0.05) is 36.4 Å². The molecule has 2 aromatic rings. The second-order valence-electron chi connectivity index (χ2n) is 7.13. The van der Waals surface area contributed by atoms with Crippen LogP contribution in [0.2, 0.25) is 0 Å². The van der Waals surface area contributed by atoms with E-state index >= 15 is 0 Å². The van der Waals surface area contributed by atoms with Crippen molar-refractivity contribution in [3.8, 4) is 5.75 Å². The molecule has 2 rings (SSSR count). The molecule has 0 saturated carbocycles. The average Bonchev–Trinajstić information content (AvgIpc) is 2.86. The Morgan fingerprint density at radius 3 is 2.26 bits per heavy atom. The molecule has 0 spiro atoms. The molecule has 1 N–H and O–H groups in total. The van der Waals surface area contributed by atoms with Gasteiger partial charge in [-0.15, -0.1) is 0 Å². The lowest BCUT2D eigenvalue weighted by Gasteiger charge is -2.18. The maximum Gasteiger partial charge on any atom is 0.407 e. The molecule has 0 fully saturated rings. The molecule has 35 heavy (non-hydrogen) atoms. The van der Waals surface area contributed by atoms with Gasteiger partial charge in [0.05, 0.1) is 20.3 Å². The van der Waals surface area contributed by atoms with Crippen LogP contribution in [0.15, 0.2) is 48.5 Å². The quantitative estimate of drug-likeness (QED) is 0.355. The third kappa shape index (κ3) is 9.00. The Morgan fingerprint density at radius 2 is 1.60 bits per heavy atom. The molecule has 10 nitrogen and oxygen atoms in total. The van der Waals surface area contributed by atoms with Gasteiger partial charge in [-0.05, 0) is 37.1 Å². The number of carbonyl (C=O) groups excluding carboxylic acids is 4. The molecule has 2 aromatic carbocycles. The van der Waals surface area contributed by atoms with Crippen LogP contribution in [0.4, 0.5) is 4.79 Å². The molecule has 0 radical (unpaired) electrons. The predicted molar refractivity (Wildman–Crippen MR) is 124 cm³/mol. The first-order chi connectivity index (χ1) is 16.9. The van der Waals surface area contributed by atoms with Gasteiger partial charge in [0.15, 0.2) is 6.61 Å². The number of alkyl carbamates (subject to hydrolysis) is 1. The first kappa shape index (κ1) is 27.2. The second kappa shape index (κ2) is 14.2. The highest BCUT2D eigenvalue weighted by atomic mass is 16.6. The normalized spacial score (nSPS) is 11.1. The third-order valence-electron chi connectivity index (χ3n) is 4.62. The number of rotatable bonds is 12. The van der Waals surface area contributed by atoms with Crippen molar-refractivity contribution in [2.24, 2.45) is 0 Å². The Labute approximate surface area is 203 Å². The molecule has 1 atom stereocenters. The highest BCUT2D eigenvalue weighted by Crippen LogP contribution is 2.23. The van der Waals surface area contributed by atoms with Crippen molar-refractivity contribution in [3.05, 3.63) is 65.2 Å². The summed E-state index contributed by atoms with van der Waals surface area (Å²) in [4.78, 5) is 48.7. The number of amides is 1. The van der Waals surface area contributed by atoms with Crippen LogP contribution >= 0.6 is 0 Å². The first-order valence-corrected chi connectivity index (χ1v) is 11.0. The largest absolute Gasteiger partial charge is 0.481 e. The Hall–Kier alpha value is -4.08. The van der Waals surface area contributed by atoms with Gasteiger partial charge < -0.3 is 29.0 Å². The van der Waals surface area contributed by atoms with Crippen LogP contribution in [-0.4, -0.2) is 57.0 Å². The summed E-state index contributed by atoms with van der Waals surface area (Å²) in [5, 5.41) is 2.45. The molecule has 0 bridgehead atoms. The van der Waals surface area contributed by atoms with E-state index < -0.39 is 36.6 Å². The van der Waals surface area contributed by atoms with E-state index in [4.69, 9.17) is 18.9 Å². The van der Waals surface area contributed by atoms with Crippen molar-refractivity contribution in [2.45, 2.75) is 32.9 Å². The minimum atomic E-state index is -1.09. The van der Waals surface area contributed by atoms with E-state index in [1.165, 1.54) is 19.2 Å². The van der Waals surface area contributed by atoms with Gasteiger partial charge in [0.2, 0.25) is 0 Å². The summed E-state index contributed by atoms with van der Waals surface area (Å²) in [5.41, 5.74) is 1.35. The number of hydrogen-bond acceptors (Lipinski definition) is 9. The van der Waals surface area contributed by atoms with Crippen LogP contribution in [0.1, 0.15) is 35.3 Å². The van der Waals surface area contributed by atoms with E-state index in [-0.39, 0.29) is 37.6 Å². The van der Waals surface area contributed by atoms with Gasteiger partial charge in [-0.3, -0.25) is 0 Å². The lowest BCUT2D eigenvalue weighted by molar-refractivity contribution is -0.147. The van der Waals surface area contributed by atoms with Crippen LogP contribution in [0.25, 0.3) is 0 Å². The Kier molecular flexibility index (Phi) is 11.1. The average molecular weight is 488 g/mol. The molecule has 0 saturated heterocycles. The fourth-order valence-electron chi connectivity index (χ4n) is 3.00. The zero-order valence-electron chi connectivity index (χ0n) is 19.9. The summed E-state index contributed by atoms with van der Waals surface area (Å²) in [6.45, 7) is 3.27. The van der Waals surface area contributed by atoms with E-state index in [2.05, 4.69) is 10.1 Å². The van der Waals surface area contributed by atoms with Crippen molar-refractivity contribution >= 4 is 24.0 Å². The molecular weight excluding hydrogens is 458 g/mol. The molecular formula is C25H29NO9. The maximum absolute atomic E-state index is 12.7. The van der Waals surface area contributed by atoms with E-state index in [9.17, 15) is 19.2 Å². The SMILES string of the molecule is CCOC(=O)COc1ccc(C[C@H](NC(=O)OC)C(=O)OCc2ccccc2)cc1C(=O)OCC. The number of methoxy groups -OCH3 is 1. The van der Waals surface area contributed by atoms with Crippen LogP contribution < -0.4 is 10.1 Å². The topological polar surface area (TPSA) is 126 Å². The van der Waals surface area contributed by atoms with Crippen molar-refractivity contribution in [1.29, 1.82) is 0 Å². The number of nitrogens with one attached hydrogen (secondary N) is 1. The lowest BCUT2D eigenvalue weighted by Crippen LogP contribution is -2.43. The fourth-order valence-corrected chi connectivity index (χ4v) is 3.00. The minimum Gasteiger partial charge on any atom is -0.481 e. The Balaban J connectivity index is 2.21. The van der Waals surface area contributed by atoms with Crippen LogP contribution in [-0.2, 0) is 41.6 Å². The van der Waals surface area contributed by atoms with Crippen LogP contribution in [0.5, 0.6) is 5.75 Å². The molecule has 0 aliphatic heterocycles. The number of carbonyl (C=O) groups is 4. The number of hydrogen-bond donors (Lipinski definition) is 1. The Morgan fingerprint density at radius 1 is 0.886 bits per heavy atom. The van der Waals surface area contributed by atoms with E-state index in [1.54, 1.807) is 32.0 Å². The fraction of sp³-hybridized carbons (Fsp3) is 0.360. The molecule has 0 aliphatic rings. The van der Waals surface area contributed by atoms with Crippen LogP contribution in [0.3, 0.4) is 0 Å². The third-order valence-corrected chi connectivity index (χ3v) is 4.62. The molecule has 0 unspecified atom stereocenters. The summed E-state index contributed by atoms with van der Waals surface area (Å²) in [6.07, 6.45) is -0.820. The van der Waals surface area contributed by atoms with Crippen molar-refractivity contribution in [1.82, 2.24) is 5.32 Å². The molecule has 10 heteroatoms. The molecule has 0 heterocycles. The van der Waals surface area contributed by atoms with Gasteiger partial charge in [-0.25, -0.2) is 19.2 Å². The van der Waals surface area contributed by atoms with Gasteiger partial charge in [0, 0.05) is 6.42 Å². The number of benzene rings is 2. The van der Waals surface area contributed by atoms with E-state index in [1.807, 2.05) is 18.2 Å². The molecule has 1 amide bonds. The lowest BCUT2D eigenvalue weighted by atomic mass is 10.0. The zero-order valence-corrected chi connectivity index (χ0v) is 19.9. The summed E-state index contributed by atoms with van der Waals surface area (Å²) in [7, 11) is 1.18. The van der Waals surface area contributed by atoms with Crippen molar-refractivity contribution < 1.29 is 42.9 Å². The standard InChI is InChI=1S/C25H29NO9/c1-4-32-22(27)16-34-21-12-11-18(13-19(21)23(28)33-5-2)14-20(26-25(30)31-3)24(29)35-15-17-9-7-6-8-10-17/h6-13,20H,4-5,14-16H2,1-3H3,(H,26,30)/t20-/m0/s1. The van der Waals surface area contributed by atoms with Gasteiger partial charge in [0.25, 0.3) is 0 Å². The second-order valence-corrected chi connectivity index (χ2v) is 7.13. The monoisotopic (exact) mass is 487 g/mol. The Bertz CT molecular complexity index is 1010.